The van der Waals surface area contributed by atoms with Gasteiger partial charge in [0.2, 0.25) is 0 Å². The van der Waals surface area contributed by atoms with Crippen molar-refractivity contribution in [2.45, 2.75) is 19.8 Å². The van der Waals surface area contributed by atoms with E-state index >= 15 is 0 Å². The highest BCUT2D eigenvalue weighted by Crippen LogP contribution is 2.31. The van der Waals surface area contributed by atoms with Crippen LogP contribution in [0.5, 0.6) is 11.5 Å². The SMILES string of the molecule is CCc1cc(F)c(OC)c(OCCCOC)c1. The van der Waals surface area contributed by atoms with E-state index in [0.717, 1.165) is 18.4 Å². The second-order valence-corrected chi connectivity index (χ2v) is 3.66. The molecule has 0 aliphatic carbocycles. The van der Waals surface area contributed by atoms with Crippen LogP contribution < -0.4 is 9.47 Å². The largest absolute Gasteiger partial charge is 0.490 e. The van der Waals surface area contributed by atoms with Crippen molar-refractivity contribution in [3.8, 4) is 11.5 Å². The van der Waals surface area contributed by atoms with Crippen molar-refractivity contribution >= 4 is 0 Å². The predicted octanol–water partition coefficient (Wildman–Crippen LogP) is 2.81. The lowest BCUT2D eigenvalue weighted by molar-refractivity contribution is 0.170. The van der Waals surface area contributed by atoms with Gasteiger partial charge in [-0.25, -0.2) is 4.39 Å². The van der Waals surface area contributed by atoms with Crippen molar-refractivity contribution in [3.63, 3.8) is 0 Å². The Morgan fingerprint density at radius 2 is 1.94 bits per heavy atom. The molecule has 0 N–H and O–H groups in total. The maximum Gasteiger partial charge on any atom is 0.196 e. The summed E-state index contributed by atoms with van der Waals surface area (Å²) in [7, 11) is 3.07. The van der Waals surface area contributed by atoms with Gasteiger partial charge >= 0.3 is 0 Å². The van der Waals surface area contributed by atoms with Gasteiger partial charge in [0.15, 0.2) is 17.3 Å². The third-order valence-corrected chi connectivity index (χ3v) is 2.43. The number of halogens is 1. The van der Waals surface area contributed by atoms with E-state index in [9.17, 15) is 4.39 Å². The Labute approximate surface area is 101 Å². The lowest BCUT2D eigenvalue weighted by Crippen LogP contribution is -2.04. The summed E-state index contributed by atoms with van der Waals surface area (Å²) >= 11 is 0. The molecule has 1 aromatic rings. The third kappa shape index (κ3) is 3.89. The first-order valence-corrected chi connectivity index (χ1v) is 5.71. The van der Waals surface area contributed by atoms with E-state index in [1.54, 1.807) is 7.11 Å². The van der Waals surface area contributed by atoms with Crippen LogP contribution >= 0.6 is 0 Å². The number of aryl methyl sites for hydroxylation is 1. The summed E-state index contributed by atoms with van der Waals surface area (Å²) in [6.45, 7) is 3.07. The summed E-state index contributed by atoms with van der Waals surface area (Å²) < 4.78 is 29.1. The van der Waals surface area contributed by atoms with Crippen LogP contribution in [-0.4, -0.2) is 27.4 Å². The summed E-state index contributed by atoms with van der Waals surface area (Å²) in [5.74, 6) is 0.244. The Bertz CT molecular complexity index is 353. The number of hydrogen-bond acceptors (Lipinski definition) is 3. The van der Waals surface area contributed by atoms with Gasteiger partial charge in [-0.1, -0.05) is 6.92 Å². The average molecular weight is 242 g/mol. The molecule has 17 heavy (non-hydrogen) atoms. The molecule has 0 spiro atoms. The molecule has 0 radical (unpaired) electrons. The highest BCUT2D eigenvalue weighted by Gasteiger charge is 2.12. The molecule has 0 atom stereocenters. The van der Waals surface area contributed by atoms with Crippen LogP contribution in [0.2, 0.25) is 0 Å². The number of benzene rings is 1. The molecule has 3 nitrogen and oxygen atoms in total. The Morgan fingerprint density at radius 1 is 1.18 bits per heavy atom. The van der Waals surface area contributed by atoms with Gasteiger partial charge in [-0.05, 0) is 24.1 Å². The average Bonchev–Trinajstić information content (AvgIpc) is 2.34. The zero-order valence-corrected chi connectivity index (χ0v) is 10.6. The molecule has 96 valence electrons. The molecule has 0 saturated heterocycles. The summed E-state index contributed by atoms with van der Waals surface area (Å²) in [5.41, 5.74) is 0.894. The molecule has 0 aliphatic heterocycles. The fourth-order valence-corrected chi connectivity index (χ4v) is 1.52. The molecule has 0 unspecified atom stereocenters. The van der Waals surface area contributed by atoms with Crippen molar-refractivity contribution in [2.75, 3.05) is 27.4 Å². The molecule has 0 heterocycles. The molecular formula is C13H19FO3. The third-order valence-electron chi connectivity index (χ3n) is 2.43. The van der Waals surface area contributed by atoms with Gasteiger partial charge in [-0.2, -0.15) is 0 Å². The van der Waals surface area contributed by atoms with Crippen LogP contribution in [0.15, 0.2) is 12.1 Å². The highest BCUT2D eigenvalue weighted by molar-refractivity contribution is 5.44. The van der Waals surface area contributed by atoms with Gasteiger partial charge < -0.3 is 14.2 Å². The van der Waals surface area contributed by atoms with Crippen molar-refractivity contribution in [3.05, 3.63) is 23.5 Å². The maximum absolute atomic E-state index is 13.6. The van der Waals surface area contributed by atoms with Crippen LogP contribution in [-0.2, 0) is 11.2 Å². The summed E-state index contributed by atoms with van der Waals surface area (Å²) in [6, 6.07) is 3.29. The smallest absolute Gasteiger partial charge is 0.196 e. The van der Waals surface area contributed by atoms with Gasteiger partial charge in [0, 0.05) is 20.1 Å². The minimum absolute atomic E-state index is 0.166. The Hall–Kier alpha value is -1.29. The van der Waals surface area contributed by atoms with E-state index in [0.29, 0.717) is 19.0 Å². The van der Waals surface area contributed by atoms with E-state index in [1.807, 2.05) is 13.0 Å². The van der Waals surface area contributed by atoms with Crippen molar-refractivity contribution in [1.29, 1.82) is 0 Å². The monoisotopic (exact) mass is 242 g/mol. The van der Waals surface area contributed by atoms with Crippen LogP contribution in [0.3, 0.4) is 0 Å². The van der Waals surface area contributed by atoms with Crippen LogP contribution in [0.25, 0.3) is 0 Å². The molecule has 4 heteroatoms. The fourth-order valence-electron chi connectivity index (χ4n) is 1.52. The quantitative estimate of drug-likeness (QED) is 0.688. The summed E-state index contributed by atoms with van der Waals surface area (Å²) in [5, 5.41) is 0. The molecule has 1 aromatic carbocycles. The number of rotatable bonds is 7. The van der Waals surface area contributed by atoms with Crippen molar-refractivity contribution < 1.29 is 18.6 Å². The van der Waals surface area contributed by atoms with E-state index < -0.39 is 0 Å². The second kappa shape index (κ2) is 7.12. The lowest BCUT2D eigenvalue weighted by Gasteiger charge is -2.12. The lowest BCUT2D eigenvalue weighted by atomic mass is 10.1. The Morgan fingerprint density at radius 3 is 2.53 bits per heavy atom. The zero-order chi connectivity index (χ0) is 12.7. The maximum atomic E-state index is 13.6. The van der Waals surface area contributed by atoms with Crippen molar-refractivity contribution in [2.24, 2.45) is 0 Å². The predicted molar refractivity (Wildman–Crippen MR) is 64.3 cm³/mol. The van der Waals surface area contributed by atoms with Crippen LogP contribution in [0.1, 0.15) is 18.9 Å². The molecule has 0 bridgehead atoms. The van der Waals surface area contributed by atoms with Crippen LogP contribution in [0.4, 0.5) is 4.39 Å². The Balaban J connectivity index is 2.76. The van der Waals surface area contributed by atoms with Gasteiger partial charge in [0.25, 0.3) is 0 Å². The minimum Gasteiger partial charge on any atom is -0.490 e. The van der Waals surface area contributed by atoms with Gasteiger partial charge in [-0.3, -0.25) is 0 Å². The first kappa shape index (κ1) is 13.8. The standard InChI is InChI=1S/C13H19FO3/c1-4-10-8-11(14)13(16-3)12(9-10)17-7-5-6-15-2/h8-9H,4-7H2,1-3H3. The van der Waals surface area contributed by atoms with Gasteiger partial charge in [0.1, 0.15) is 0 Å². The zero-order valence-electron chi connectivity index (χ0n) is 10.6. The van der Waals surface area contributed by atoms with E-state index in [4.69, 9.17) is 14.2 Å². The molecule has 1 rings (SSSR count). The second-order valence-electron chi connectivity index (χ2n) is 3.66. The first-order valence-electron chi connectivity index (χ1n) is 5.71. The number of hydrogen-bond donors (Lipinski definition) is 0. The van der Waals surface area contributed by atoms with Crippen molar-refractivity contribution in [1.82, 2.24) is 0 Å². The molecule has 0 amide bonds. The topological polar surface area (TPSA) is 27.7 Å². The Kier molecular flexibility index (Phi) is 5.77. The van der Waals surface area contributed by atoms with Crippen LogP contribution in [0, 0.1) is 5.82 Å². The van der Waals surface area contributed by atoms with E-state index in [1.165, 1.54) is 13.2 Å². The molecule has 0 aromatic heterocycles. The first-order chi connectivity index (χ1) is 8.22. The summed E-state index contributed by atoms with van der Waals surface area (Å²) in [4.78, 5) is 0. The molecule has 0 aliphatic rings. The van der Waals surface area contributed by atoms with E-state index in [2.05, 4.69) is 0 Å². The fraction of sp³-hybridized carbons (Fsp3) is 0.538. The highest BCUT2D eigenvalue weighted by atomic mass is 19.1. The molecule has 0 saturated carbocycles. The minimum atomic E-state index is -0.381. The number of methoxy groups -OCH3 is 2. The molecular weight excluding hydrogens is 223 g/mol. The molecule has 0 fully saturated rings. The normalized spacial score (nSPS) is 10.4. The number of ether oxygens (including phenoxy) is 3. The van der Waals surface area contributed by atoms with Gasteiger partial charge in [0.05, 0.1) is 13.7 Å². The van der Waals surface area contributed by atoms with Gasteiger partial charge in [-0.15, -0.1) is 0 Å². The summed E-state index contributed by atoms with van der Waals surface area (Å²) in [6.07, 6.45) is 1.52. The van der Waals surface area contributed by atoms with E-state index in [-0.39, 0.29) is 11.6 Å².